The van der Waals surface area contributed by atoms with E-state index in [9.17, 15) is 9.59 Å². The molecule has 2 heterocycles. The third-order valence-corrected chi connectivity index (χ3v) is 8.69. The molecule has 1 spiro atoms. The molecule has 0 atom stereocenters. The Morgan fingerprint density at radius 1 is 1.17 bits per heavy atom. The third kappa shape index (κ3) is 4.79. The smallest absolute Gasteiger partial charge is 0.321 e. The molecule has 3 aliphatic rings. The number of hydrogen-bond acceptors (Lipinski definition) is 3. The van der Waals surface area contributed by atoms with Gasteiger partial charge >= 0.3 is 6.03 Å². The second-order valence-electron chi connectivity index (χ2n) is 9.00. The fourth-order valence-corrected chi connectivity index (χ4v) is 6.74. The van der Waals surface area contributed by atoms with E-state index >= 15 is 0 Å². The summed E-state index contributed by atoms with van der Waals surface area (Å²) in [5.41, 5.74) is 2.08. The topological polar surface area (TPSA) is 52.7 Å². The average molecular weight is 430 g/mol. The van der Waals surface area contributed by atoms with E-state index in [0.29, 0.717) is 25.4 Å². The van der Waals surface area contributed by atoms with Crippen molar-refractivity contribution >= 4 is 29.4 Å². The second-order valence-corrected chi connectivity index (χ2v) is 10.5. The zero-order valence-corrected chi connectivity index (χ0v) is 19.0. The van der Waals surface area contributed by atoms with Crippen LogP contribution in [0.25, 0.3) is 0 Å². The molecule has 4 rings (SSSR count). The fraction of sp³-hybridized carbons (Fsp3) is 0.667. The minimum absolute atomic E-state index is 0.0276. The van der Waals surface area contributed by atoms with Gasteiger partial charge in [0.25, 0.3) is 0 Å². The maximum absolute atomic E-state index is 13.0. The molecule has 5 nitrogen and oxygen atoms in total. The van der Waals surface area contributed by atoms with Crippen LogP contribution < -0.4 is 5.32 Å². The van der Waals surface area contributed by atoms with E-state index in [4.69, 9.17) is 0 Å². The Hall–Kier alpha value is -1.69. The zero-order chi connectivity index (χ0) is 21.0. The van der Waals surface area contributed by atoms with E-state index in [1.165, 1.54) is 31.2 Å². The summed E-state index contributed by atoms with van der Waals surface area (Å²) >= 11 is 1.93. The molecule has 0 unspecified atom stereocenters. The maximum Gasteiger partial charge on any atom is 0.321 e. The summed E-state index contributed by atoms with van der Waals surface area (Å²) in [5, 5.41) is 3.05. The minimum atomic E-state index is -0.0916. The Morgan fingerprint density at radius 3 is 2.67 bits per heavy atom. The van der Waals surface area contributed by atoms with Crippen LogP contribution in [-0.4, -0.2) is 52.0 Å². The molecule has 1 aromatic rings. The number of rotatable bonds is 5. The Kier molecular flexibility index (Phi) is 6.91. The molecule has 0 aromatic heterocycles. The van der Waals surface area contributed by atoms with Crippen LogP contribution in [0.4, 0.5) is 10.5 Å². The van der Waals surface area contributed by atoms with E-state index in [0.717, 1.165) is 49.6 Å². The number of amides is 3. The SMILES string of the molecule is CCc1cccc(NC(=O)N2CCC3(CC2)SCCN3C(=O)CCC2CCCC2)c1. The number of likely N-dealkylation sites (tertiary alicyclic amines) is 1. The van der Waals surface area contributed by atoms with Crippen molar-refractivity contribution in [2.45, 2.75) is 69.6 Å². The first-order chi connectivity index (χ1) is 14.6. The van der Waals surface area contributed by atoms with Gasteiger partial charge in [-0.15, -0.1) is 11.8 Å². The van der Waals surface area contributed by atoms with Crippen molar-refractivity contribution in [1.82, 2.24) is 9.80 Å². The molecule has 3 amide bonds. The molecular formula is C24H35N3O2S. The number of nitrogens with one attached hydrogen (secondary N) is 1. The standard InChI is InChI=1S/C24H35N3O2S/c1-2-19-8-5-9-21(18-19)25-23(29)26-14-12-24(13-15-26)27(16-17-30-24)22(28)11-10-20-6-3-4-7-20/h5,8-9,18,20H,2-4,6-7,10-17H2,1H3,(H,25,29). The molecule has 2 aliphatic heterocycles. The van der Waals surface area contributed by atoms with Gasteiger partial charge in [-0.05, 0) is 49.3 Å². The lowest BCUT2D eigenvalue weighted by Gasteiger charge is -2.44. The summed E-state index contributed by atoms with van der Waals surface area (Å²) in [7, 11) is 0. The van der Waals surface area contributed by atoms with E-state index < -0.39 is 0 Å². The number of carbonyl (C=O) groups is 2. The fourth-order valence-electron chi connectivity index (χ4n) is 5.27. The van der Waals surface area contributed by atoms with E-state index in [1.807, 2.05) is 34.9 Å². The predicted octanol–water partition coefficient (Wildman–Crippen LogP) is 5.12. The molecule has 1 aromatic carbocycles. The molecule has 1 N–H and O–H groups in total. The van der Waals surface area contributed by atoms with Crippen LogP contribution in [0, 0.1) is 5.92 Å². The Labute approximate surface area is 184 Å². The number of hydrogen-bond donors (Lipinski definition) is 1. The highest BCUT2D eigenvalue weighted by atomic mass is 32.2. The Balaban J connectivity index is 1.30. The van der Waals surface area contributed by atoms with E-state index in [2.05, 4.69) is 23.2 Å². The number of carbonyl (C=O) groups excluding carboxylic acids is 2. The van der Waals surface area contributed by atoms with Gasteiger partial charge in [-0.25, -0.2) is 4.79 Å². The van der Waals surface area contributed by atoms with Crippen LogP contribution in [0.2, 0.25) is 0 Å². The lowest BCUT2D eigenvalue weighted by molar-refractivity contribution is -0.134. The van der Waals surface area contributed by atoms with Crippen LogP contribution in [0.15, 0.2) is 24.3 Å². The van der Waals surface area contributed by atoms with Crippen molar-refractivity contribution in [2.24, 2.45) is 5.92 Å². The van der Waals surface area contributed by atoms with Crippen molar-refractivity contribution in [1.29, 1.82) is 0 Å². The highest BCUT2D eigenvalue weighted by Crippen LogP contribution is 2.44. The van der Waals surface area contributed by atoms with Gasteiger partial charge in [-0.2, -0.15) is 0 Å². The molecule has 2 saturated heterocycles. The van der Waals surface area contributed by atoms with Crippen LogP contribution >= 0.6 is 11.8 Å². The molecular weight excluding hydrogens is 394 g/mol. The number of anilines is 1. The van der Waals surface area contributed by atoms with Crippen LogP contribution in [0.1, 0.15) is 63.9 Å². The number of urea groups is 1. The molecule has 1 saturated carbocycles. The van der Waals surface area contributed by atoms with Crippen molar-refractivity contribution in [3.05, 3.63) is 29.8 Å². The van der Waals surface area contributed by atoms with Crippen LogP contribution in [0.5, 0.6) is 0 Å². The average Bonchev–Trinajstić information content (AvgIpc) is 3.43. The summed E-state index contributed by atoms with van der Waals surface area (Å²) in [6.07, 6.45) is 9.73. The number of aryl methyl sites for hydroxylation is 1. The Bertz CT molecular complexity index is 755. The number of thioether (sulfide) groups is 1. The van der Waals surface area contributed by atoms with Gasteiger partial charge in [0.15, 0.2) is 0 Å². The van der Waals surface area contributed by atoms with Crippen molar-refractivity contribution < 1.29 is 9.59 Å². The largest absolute Gasteiger partial charge is 0.327 e. The lowest BCUT2D eigenvalue weighted by Crippen LogP contribution is -2.54. The number of benzene rings is 1. The van der Waals surface area contributed by atoms with Crippen molar-refractivity contribution in [3.8, 4) is 0 Å². The molecule has 0 radical (unpaired) electrons. The zero-order valence-electron chi connectivity index (χ0n) is 18.2. The van der Waals surface area contributed by atoms with Crippen LogP contribution in [-0.2, 0) is 11.2 Å². The highest BCUT2D eigenvalue weighted by molar-refractivity contribution is 8.00. The van der Waals surface area contributed by atoms with Crippen LogP contribution in [0.3, 0.4) is 0 Å². The molecule has 3 fully saturated rings. The number of piperidine rings is 1. The molecule has 164 valence electrons. The monoisotopic (exact) mass is 429 g/mol. The summed E-state index contributed by atoms with van der Waals surface area (Å²) in [6, 6.07) is 8.03. The van der Waals surface area contributed by atoms with Gasteiger partial charge in [0.1, 0.15) is 0 Å². The van der Waals surface area contributed by atoms with Crippen molar-refractivity contribution in [3.63, 3.8) is 0 Å². The van der Waals surface area contributed by atoms with E-state index in [-0.39, 0.29) is 10.9 Å². The third-order valence-electron chi connectivity index (χ3n) is 7.14. The van der Waals surface area contributed by atoms with Crippen molar-refractivity contribution in [2.75, 3.05) is 30.7 Å². The predicted molar refractivity (Wildman–Crippen MR) is 124 cm³/mol. The molecule has 1 aliphatic carbocycles. The maximum atomic E-state index is 13.0. The summed E-state index contributed by atoms with van der Waals surface area (Å²) in [6.45, 7) is 4.40. The molecule has 0 bridgehead atoms. The first-order valence-corrected chi connectivity index (χ1v) is 12.7. The minimum Gasteiger partial charge on any atom is -0.327 e. The summed E-state index contributed by atoms with van der Waals surface area (Å²) < 4.78 is 0. The van der Waals surface area contributed by atoms with E-state index in [1.54, 1.807) is 0 Å². The van der Waals surface area contributed by atoms with Gasteiger partial charge in [-0.1, -0.05) is 44.7 Å². The van der Waals surface area contributed by atoms with Gasteiger partial charge in [-0.3, -0.25) is 4.79 Å². The summed E-state index contributed by atoms with van der Waals surface area (Å²) in [4.78, 5) is 29.7. The highest BCUT2D eigenvalue weighted by Gasteiger charge is 2.46. The second kappa shape index (κ2) is 9.63. The lowest BCUT2D eigenvalue weighted by atomic mass is 9.99. The first kappa shape index (κ1) is 21.5. The van der Waals surface area contributed by atoms with Gasteiger partial charge in [0.05, 0.1) is 4.87 Å². The quantitative estimate of drug-likeness (QED) is 0.707. The van der Waals surface area contributed by atoms with Gasteiger partial charge < -0.3 is 15.1 Å². The number of nitrogens with zero attached hydrogens (tertiary/aromatic N) is 2. The normalized spacial score (nSPS) is 21.4. The Morgan fingerprint density at radius 2 is 1.93 bits per heavy atom. The van der Waals surface area contributed by atoms with Gasteiger partial charge in [0.2, 0.25) is 5.91 Å². The first-order valence-electron chi connectivity index (χ1n) is 11.7. The van der Waals surface area contributed by atoms with Gasteiger partial charge in [0, 0.05) is 37.5 Å². The molecule has 30 heavy (non-hydrogen) atoms. The summed E-state index contributed by atoms with van der Waals surface area (Å²) in [5.74, 6) is 2.11. The molecule has 6 heteroatoms.